The lowest BCUT2D eigenvalue weighted by atomic mass is 9.82. The fourth-order valence-corrected chi connectivity index (χ4v) is 2.41. The molecule has 0 aliphatic heterocycles. The van der Waals surface area contributed by atoms with Gasteiger partial charge in [-0.2, -0.15) is 0 Å². The standard InChI is InChI=1S/C15H23F2NO/c1-15(2,3)14(19-5)13(18-4)8-10-6-7-11(16)9-12(10)17/h6-7,9,13-14,18H,8H2,1-5H3. The summed E-state index contributed by atoms with van der Waals surface area (Å²) in [5.41, 5.74) is 0.422. The predicted octanol–water partition coefficient (Wildman–Crippen LogP) is 3.16. The van der Waals surface area contributed by atoms with Crippen molar-refractivity contribution in [1.82, 2.24) is 5.32 Å². The van der Waals surface area contributed by atoms with Crippen molar-refractivity contribution in [2.75, 3.05) is 14.2 Å². The average Bonchev–Trinajstić information content (AvgIpc) is 2.30. The van der Waals surface area contributed by atoms with Crippen molar-refractivity contribution in [1.29, 1.82) is 0 Å². The lowest BCUT2D eigenvalue weighted by Gasteiger charge is -2.36. The zero-order valence-electron chi connectivity index (χ0n) is 12.3. The van der Waals surface area contributed by atoms with E-state index in [0.717, 1.165) is 6.07 Å². The van der Waals surface area contributed by atoms with Crippen LogP contribution in [0.3, 0.4) is 0 Å². The molecule has 19 heavy (non-hydrogen) atoms. The molecule has 0 spiro atoms. The van der Waals surface area contributed by atoms with Gasteiger partial charge in [-0.15, -0.1) is 0 Å². The molecule has 0 aromatic heterocycles. The molecule has 0 aliphatic rings. The van der Waals surface area contributed by atoms with E-state index in [1.165, 1.54) is 12.1 Å². The van der Waals surface area contributed by atoms with Gasteiger partial charge in [0, 0.05) is 19.2 Å². The van der Waals surface area contributed by atoms with E-state index in [1.54, 1.807) is 7.11 Å². The lowest BCUT2D eigenvalue weighted by Crippen LogP contribution is -2.47. The summed E-state index contributed by atoms with van der Waals surface area (Å²) < 4.78 is 32.1. The van der Waals surface area contributed by atoms with Gasteiger partial charge in [-0.25, -0.2) is 8.78 Å². The number of halogens is 2. The van der Waals surface area contributed by atoms with E-state index < -0.39 is 11.6 Å². The molecule has 0 bridgehead atoms. The molecule has 0 radical (unpaired) electrons. The second-order valence-corrected chi connectivity index (χ2v) is 5.86. The summed E-state index contributed by atoms with van der Waals surface area (Å²) in [5.74, 6) is -1.06. The van der Waals surface area contributed by atoms with E-state index in [-0.39, 0.29) is 17.6 Å². The molecule has 0 saturated carbocycles. The second kappa shape index (κ2) is 6.44. The summed E-state index contributed by atoms with van der Waals surface area (Å²) in [4.78, 5) is 0. The number of methoxy groups -OCH3 is 1. The largest absolute Gasteiger partial charge is 0.379 e. The quantitative estimate of drug-likeness (QED) is 0.888. The van der Waals surface area contributed by atoms with Gasteiger partial charge in [0.2, 0.25) is 0 Å². The minimum Gasteiger partial charge on any atom is -0.379 e. The van der Waals surface area contributed by atoms with Gasteiger partial charge >= 0.3 is 0 Å². The van der Waals surface area contributed by atoms with Gasteiger partial charge in [0.1, 0.15) is 11.6 Å². The van der Waals surface area contributed by atoms with Crippen LogP contribution in [0, 0.1) is 17.0 Å². The number of hydrogen-bond donors (Lipinski definition) is 1. The molecule has 1 N–H and O–H groups in total. The van der Waals surface area contributed by atoms with Crippen molar-refractivity contribution < 1.29 is 13.5 Å². The maximum atomic E-state index is 13.7. The summed E-state index contributed by atoms with van der Waals surface area (Å²) in [6, 6.07) is 3.65. The molecule has 2 nitrogen and oxygen atoms in total. The Morgan fingerprint density at radius 3 is 2.32 bits per heavy atom. The Kier molecular flexibility index (Phi) is 5.44. The van der Waals surface area contributed by atoms with Crippen molar-refractivity contribution in [3.63, 3.8) is 0 Å². The summed E-state index contributed by atoms with van der Waals surface area (Å²) in [5, 5.41) is 3.16. The van der Waals surface area contributed by atoms with Crippen LogP contribution in [0.1, 0.15) is 26.3 Å². The summed E-state index contributed by atoms with van der Waals surface area (Å²) in [6.07, 6.45) is 0.389. The van der Waals surface area contributed by atoms with Crippen molar-refractivity contribution in [2.45, 2.75) is 39.3 Å². The molecule has 0 fully saturated rings. The van der Waals surface area contributed by atoms with Gasteiger partial charge in [-0.05, 0) is 30.5 Å². The van der Waals surface area contributed by atoms with Crippen LogP contribution < -0.4 is 5.32 Å². The lowest BCUT2D eigenvalue weighted by molar-refractivity contribution is -0.00938. The van der Waals surface area contributed by atoms with Crippen LogP contribution >= 0.6 is 0 Å². The van der Waals surface area contributed by atoms with Gasteiger partial charge in [-0.1, -0.05) is 26.8 Å². The van der Waals surface area contributed by atoms with E-state index in [4.69, 9.17) is 4.74 Å². The van der Waals surface area contributed by atoms with Gasteiger partial charge in [0.05, 0.1) is 6.10 Å². The highest BCUT2D eigenvalue weighted by Crippen LogP contribution is 2.26. The molecule has 2 atom stereocenters. The first-order valence-electron chi connectivity index (χ1n) is 6.43. The minimum atomic E-state index is -0.554. The molecule has 0 saturated heterocycles. The summed E-state index contributed by atoms with van der Waals surface area (Å²) >= 11 is 0. The molecule has 0 aliphatic carbocycles. The van der Waals surface area contributed by atoms with Crippen molar-refractivity contribution in [2.24, 2.45) is 5.41 Å². The van der Waals surface area contributed by atoms with Gasteiger partial charge in [0.25, 0.3) is 0 Å². The maximum Gasteiger partial charge on any atom is 0.129 e. The van der Waals surface area contributed by atoms with Crippen LogP contribution in [0.15, 0.2) is 18.2 Å². The second-order valence-electron chi connectivity index (χ2n) is 5.86. The number of hydrogen-bond acceptors (Lipinski definition) is 2. The molecular formula is C15H23F2NO. The fraction of sp³-hybridized carbons (Fsp3) is 0.600. The third kappa shape index (κ3) is 4.25. The Balaban J connectivity index is 2.92. The highest BCUT2D eigenvalue weighted by molar-refractivity contribution is 5.20. The Labute approximate surface area is 114 Å². The third-order valence-corrected chi connectivity index (χ3v) is 3.30. The van der Waals surface area contributed by atoms with Crippen molar-refractivity contribution in [3.05, 3.63) is 35.4 Å². The Hall–Kier alpha value is -1.00. The normalized spacial score (nSPS) is 15.3. The van der Waals surface area contributed by atoms with Crippen LogP contribution in [0.2, 0.25) is 0 Å². The molecule has 1 rings (SSSR count). The zero-order chi connectivity index (χ0) is 14.6. The molecule has 2 unspecified atom stereocenters. The summed E-state index contributed by atoms with van der Waals surface area (Å²) in [6.45, 7) is 6.23. The molecule has 0 amide bonds. The fourth-order valence-electron chi connectivity index (χ4n) is 2.41. The van der Waals surface area contributed by atoms with Crippen LogP contribution in [0.25, 0.3) is 0 Å². The first kappa shape index (κ1) is 16.1. The zero-order valence-corrected chi connectivity index (χ0v) is 12.3. The van der Waals surface area contributed by atoms with E-state index in [1.807, 2.05) is 7.05 Å². The van der Waals surface area contributed by atoms with Gasteiger partial charge < -0.3 is 10.1 Å². The molecule has 0 heterocycles. The molecule has 1 aromatic rings. The van der Waals surface area contributed by atoms with E-state index >= 15 is 0 Å². The highest BCUT2D eigenvalue weighted by Gasteiger charge is 2.32. The number of nitrogens with one attached hydrogen (secondary N) is 1. The first-order valence-corrected chi connectivity index (χ1v) is 6.43. The highest BCUT2D eigenvalue weighted by atomic mass is 19.1. The molecule has 4 heteroatoms. The summed E-state index contributed by atoms with van der Waals surface area (Å²) in [7, 11) is 3.48. The van der Waals surface area contributed by atoms with Crippen molar-refractivity contribution in [3.8, 4) is 0 Å². The van der Waals surface area contributed by atoms with E-state index in [9.17, 15) is 8.78 Å². The number of ether oxygens (including phenoxy) is 1. The maximum absolute atomic E-state index is 13.7. The van der Waals surface area contributed by atoms with Crippen LogP contribution in [-0.2, 0) is 11.2 Å². The van der Waals surface area contributed by atoms with Crippen molar-refractivity contribution >= 4 is 0 Å². The average molecular weight is 271 g/mol. The van der Waals surface area contributed by atoms with E-state index in [0.29, 0.717) is 12.0 Å². The molecular weight excluding hydrogens is 248 g/mol. The minimum absolute atomic E-state index is 0.0371. The predicted molar refractivity (Wildman–Crippen MR) is 73.2 cm³/mol. The Morgan fingerprint density at radius 1 is 1.26 bits per heavy atom. The number of likely N-dealkylation sites (N-methyl/N-ethyl adjacent to an activating group) is 1. The SMILES string of the molecule is CNC(Cc1ccc(F)cc1F)C(OC)C(C)(C)C. The smallest absolute Gasteiger partial charge is 0.129 e. The number of rotatable bonds is 5. The van der Waals surface area contributed by atoms with Crippen LogP contribution in [-0.4, -0.2) is 26.3 Å². The molecule has 108 valence electrons. The van der Waals surface area contributed by atoms with E-state index in [2.05, 4.69) is 26.1 Å². The third-order valence-electron chi connectivity index (χ3n) is 3.30. The number of benzene rings is 1. The topological polar surface area (TPSA) is 21.3 Å². The van der Waals surface area contributed by atoms with Gasteiger partial charge in [-0.3, -0.25) is 0 Å². The molecule has 1 aromatic carbocycles. The Bertz CT molecular complexity index is 415. The monoisotopic (exact) mass is 271 g/mol. The van der Waals surface area contributed by atoms with Gasteiger partial charge in [0.15, 0.2) is 0 Å². The van der Waals surface area contributed by atoms with Crippen LogP contribution in [0.4, 0.5) is 8.78 Å². The Morgan fingerprint density at radius 2 is 1.89 bits per heavy atom. The first-order chi connectivity index (χ1) is 8.79. The van der Waals surface area contributed by atoms with Crippen LogP contribution in [0.5, 0.6) is 0 Å².